The van der Waals surface area contributed by atoms with Crippen molar-refractivity contribution in [3.63, 3.8) is 0 Å². The van der Waals surface area contributed by atoms with Gasteiger partial charge in [-0.05, 0) is 44.7 Å². The summed E-state index contributed by atoms with van der Waals surface area (Å²) in [5.41, 5.74) is 0. The number of rotatable bonds is 5. The van der Waals surface area contributed by atoms with Gasteiger partial charge in [0.1, 0.15) is 0 Å². The van der Waals surface area contributed by atoms with Crippen molar-refractivity contribution in [1.29, 1.82) is 0 Å². The molecule has 1 saturated carbocycles. The number of piperidine rings is 1. The first kappa shape index (κ1) is 15.8. The van der Waals surface area contributed by atoms with E-state index in [9.17, 15) is 4.79 Å². The quantitative estimate of drug-likeness (QED) is 0.840. The van der Waals surface area contributed by atoms with Gasteiger partial charge in [0.15, 0.2) is 0 Å². The number of nitrogens with zero attached hydrogens (tertiary/aromatic N) is 1. The van der Waals surface area contributed by atoms with Crippen LogP contribution >= 0.6 is 0 Å². The molecule has 1 aliphatic carbocycles. The summed E-state index contributed by atoms with van der Waals surface area (Å²) in [6.45, 7) is 4.93. The van der Waals surface area contributed by atoms with E-state index in [-0.39, 0.29) is 5.91 Å². The fraction of sp³-hybridized carbons (Fsp3) is 0.938. The molecule has 20 heavy (non-hydrogen) atoms. The van der Waals surface area contributed by atoms with Gasteiger partial charge in [-0.1, -0.05) is 19.8 Å². The van der Waals surface area contributed by atoms with Gasteiger partial charge in [-0.3, -0.25) is 4.79 Å². The summed E-state index contributed by atoms with van der Waals surface area (Å²) in [6, 6.07) is 0.440. The summed E-state index contributed by atoms with van der Waals surface area (Å²) in [5, 5.41) is 3.32. The third kappa shape index (κ3) is 4.45. The van der Waals surface area contributed by atoms with Crippen LogP contribution in [-0.4, -0.2) is 49.7 Å². The third-order valence-electron chi connectivity index (χ3n) is 4.91. The Morgan fingerprint density at radius 1 is 1.20 bits per heavy atom. The first-order valence-corrected chi connectivity index (χ1v) is 8.26. The Balaban J connectivity index is 1.67. The van der Waals surface area contributed by atoms with E-state index in [0.717, 1.165) is 25.9 Å². The normalized spacial score (nSPS) is 28.3. The van der Waals surface area contributed by atoms with Crippen molar-refractivity contribution in [2.45, 2.75) is 64.0 Å². The Morgan fingerprint density at radius 2 is 1.90 bits per heavy atom. The summed E-state index contributed by atoms with van der Waals surface area (Å²) in [6.07, 6.45) is 8.03. The molecule has 2 atom stereocenters. The van der Waals surface area contributed by atoms with Crippen LogP contribution in [0.1, 0.15) is 51.9 Å². The molecule has 1 heterocycles. The van der Waals surface area contributed by atoms with Gasteiger partial charge in [-0.25, -0.2) is 0 Å². The minimum absolute atomic E-state index is 0.248. The van der Waals surface area contributed by atoms with Crippen LogP contribution in [-0.2, 0) is 9.53 Å². The van der Waals surface area contributed by atoms with Crippen molar-refractivity contribution < 1.29 is 9.53 Å². The molecule has 1 saturated heterocycles. The highest BCUT2D eigenvalue weighted by atomic mass is 16.5. The summed E-state index contributed by atoms with van der Waals surface area (Å²) in [7, 11) is 1.97. The minimum atomic E-state index is 0.248. The lowest BCUT2D eigenvalue weighted by Crippen LogP contribution is -2.43. The number of ether oxygens (including phenoxy) is 1. The fourth-order valence-corrected chi connectivity index (χ4v) is 3.51. The second-order valence-corrected chi connectivity index (χ2v) is 6.40. The summed E-state index contributed by atoms with van der Waals surface area (Å²) < 4.78 is 5.83. The summed E-state index contributed by atoms with van der Waals surface area (Å²) >= 11 is 0. The Kier molecular flexibility index (Phi) is 6.30. The Bertz CT molecular complexity index is 303. The van der Waals surface area contributed by atoms with Crippen LogP contribution in [0.4, 0.5) is 0 Å². The van der Waals surface area contributed by atoms with Crippen LogP contribution < -0.4 is 5.32 Å². The first-order chi connectivity index (χ1) is 9.68. The van der Waals surface area contributed by atoms with Crippen LogP contribution in [0.3, 0.4) is 0 Å². The smallest absolute Gasteiger partial charge is 0.224 e. The molecule has 0 radical (unpaired) electrons. The number of hydrogen-bond donors (Lipinski definition) is 1. The van der Waals surface area contributed by atoms with Crippen molar-refractivity contribution in [2.75, 3.05) is 26.7 Å². The predicted octanol–water partition coefficient (Wildman–Crippen LogP) is 2.18. The zero-order chi connectivity index (χ0) is 14.4. The molecule has 1 amide bonds. The van der Waals surface area contributed by atoms with E-state index in [4.69, 9.17) is 4.74 Å². The molecule has 0 bridgehead atoms. The summed E-state index contributed by atoms with van der Waals surface area (Å²) in [5.74, 6) is 0.890. The highest BCUT2D eigenvalue weighted by Gasteiger charge is 2.27. The van der Waals surface area contributed by atoms with Crippen LogP contribution in [0, 0.1) is 5.92 Å². The van der Waals surface area contributed by atoms with E-state index in [2.05, 4.69) is 12.2 Å². The lowest BCUT2D eigenvalue weighted by molar-refractivity contribution is -0.135. The number of amides is 1. The standard InChI is InChI=1S/C16H30N2O2/c1-13-5-3-4-6-15(13)18(2)16(19)9-12-20-14-7-10-17-11-8-14/h13-15,17H,3-12H2,1-2H3. The van der Waals surface area contributed by atoms with E-state index in [0.29, 0.717) is 31.1 Å². The van der Waals surface area contributed by atoms with Gasteiger partial charge in [-0.15, -0.1) is 0 Å². The van der Waals surface area contributed by atoms with Crippen molar-refractivity contribution in [3.8, 4) is 0 Å². The van der Waals surface area contributed by atoms with Crippen molar-refractivity contribution in [3.05, 3.63) is 0 Å². The average Bonchev–Trinajstić information content (AvgIpc) is 2.48. The van der Waals surface area contributed by atoms with Gasteiger partial charge in [0.05, 0.1) is 19.1 Å². The average molecular weight is 282 g/mol. The maximum atomic E-state index is 12.3. The van der Waals surface area contributed by atoms with Gasteiger partial charge < -0.3 is 15.0 Å². The second kappa shape index (κ2) is 7.99. The Hall–Kier alpha value is -0.610. The van der Waals surface area contributed by atoms with Crippen molar-refractivity contribution in [1.82, 2.24) is 10.2 Å². The molecule has 4 nitrogen and oxygen atoms in total. The molecule has 0 aromatic rings. The Morgan fingerprint density at radius 3 is 2.60 bits per heavy atom. The van der Waals surface area contributed by atoms with E-state index in [1.165, 1.54) is 25.7 Å². The second-order valence-electron chi connectivity index (χ2n) is 6.40. The zero-order valence-electron chi connectivity index (χ0n) is 13.1. The van der Waals surface area contributed by atoms with Gasteiger partial charge >= 0.3 is 0 Å². The van der Waals surface area contributed by atoms with Crippen LogP contribution in [0.25, 0.3) is 0 Å². The van der Waals surface area contributed by atoms with Crippen LogP contribution in [0.5, 0.6) is 0 Å². The zero-order valence-corrected chi connectivity index (χ0v) is 13.1. The van der Waals surface area contributed by atoms with E-state index in [1.54, 1.807) is 0 Å². The molecule has 1 N–H and O–H groups in total. The van der Waals surface area contributed by atoms with Gasteiger partial charge in [0, 0.05) is 13.1 Å². The molecule has 1 aliphatic heterocycles. The SMILES string of the molecule is CC1CCCCC1N(C)C(=O)CCOC1CCNCC1. The first-order valence-electron chi connectivity index (χ1n) is 8.26. The number of carbonyl (C=O) groups excluding carboxylic acids is 1. The maximum Gasteiger partial charge on any atom is 0.224 e. The molecule has 2 rings (SSSR count). The topological polar surface area (TPSA) is 41.6 Å². The lowest BCUT2D eigenvalue weighted by atomic mass is 9.85. The molecule has 116 valence electrons. The monoisotopic (exact) mass is 282 g/mol. The lowest BCUT2D eigenvalue weighted by Gasteiger charge is -2.36. The molecule has 0 spiro atoms. The van der Waals surface area contributed by atoms with E-state index >= 15 is 0 Å². The molecule has 2 unspecified atom stereocenters. The molecule has 0 aromatic carbocycles. The number of hydrogen-bond acceptors (Lipinski definition) is 3. The highest BCUT2D eigenvalue weighted by Crippen LogP contribution is 2.27. The number of nitrogens with one attached hydrogen (secondary N) is 1. The Labute approximate surface area is 123 Å². The number of carbonyl (C=O) groups is 1. The van der Waals surface area contributed by atoms with Crippen LogP contribution in [0.2, 0.25) is 0 Å². The molecule has 2 fully saturated rings. The molecule has 4 heteroatoms. The largest absolute Gasteiger partial charge is 0.378 e. The van der Waals surface area contributed by atoms with Crippen LogP contribution in [0.15, 0.2) is 0 Å². The van der Waals surface area contributed by atoms with Crippen molar-refractivity contribution >= 4 is 5.91 Å². The van der Waals surface area contributed by atoms with E-state index < -0.39 is 0 Å². The maximum absolute atomic E-state index is 12.3. The summed E-state index contributed by atoms with van der Waals surface area (Å²) in [4.78, 5) is 14.2. The van der Waals surface area contributed by atoms with Gasteiger partial charge in [0.25, 0.3) is 0 Å². The highest BCUT2D eigenvalue weighted by molar-refractivity contribution is 5.76. The minimum Gasteiger partial charge on any atom is -0.378 e. The van der Waals surface area contributed by atoms with E-state index in [1.807, 2.05) is 11.9 Å². The fourth-order valence-electron chi connectivity index (χ4n) is 3.51. The third-order valence-corrected chi connectivity index (χ3v) is 4.91. The van der Waals surface area contributed by atoms with Crippen molar-refractivity contribution in [2.24, 2.45) is 5.92 Å². The van der Waals surface area contributed by atoms with Gasteiger partial charge in [-0.2, -0.15) is 0 Å². The predicted molar refractivity (Wildman–Crippen MR) is 80.7 cm³/mol. The molecular weight excluding hydrogens is 252 g/mol. The molecule has 2 aliphatic rings. The molecule has 0 aromatic heterocycles. The molecular formula is C16H30N2O2. The van der Waals surface area contributed by atoms with Gasteiger partial charge in [0.2, 0.25) is 5.91 Å².